The molecule has 0 radical (unpaired) electrons. The highest BCUT2D eigenvalue weighted by Gasteiger charge is 2.15. The number of methoxy groups -OCH3 is 1. The van der Waals surface area contributed by atoms with Crippen molar-refractivity contribution in [3.8, 4) is 5.75 Å². The molecular formula is C18H23N3O3S2. The number of aromatic nitrogens is 2. The zero-order valence-electron chi connectivity index (χ0n) is 14.8. The highest BCUT2D eigenvalue weighted by atomic mass is 32.2. The van der Waals surface area contributed by atoms with E-state index in [0.29, 0.717) is 6.04 Å². The van der Waals surface area contributed by atoms with Crippen molar-refractivity contribution >= 4 is 34.2 Å². The summed E-state index contributed by atoms with van der Waals surface area (Å²) in [5, 5.41) is 12.6. The predicted molar refractivity (Wildman–Crippen MR) is 104 cm³/mol. The summed E-state index contributed by atoms with van der Waals surface area (Å²) in [4.78, 5) is 11.9. The van der Waals surface area contributed by atoms with Gasteiger partial charge in [0.15, 0.2) is 4.34 Å². The Labute approximate surface area is 161 Å². The van der Waals surface area contributed by atoms with Crippen LogP contribution in [0.25, 0.3) is 0 Å². The summed E-state index contributed by atoms with van der Waals surface area (Å²) in [5.41, 5.74) is 0.901. The third kappa shape index (κ3) is 5.88. The van der Waals surface area contributed by atoms with Crippen molar-refractivity contribution in [1.82, 2.24) is 10.2 Å². The summed E-state index contributed by atoms with van der Waals surface area (Å²) in [6, 6.07) is 7.99. The number of carbonyl (C=O) groups is 1. The van der Waals surface area contributed by atoms with Crippen LogP contribution < -0.4 is 10.1 Å². The van der Waals surface area contributed by atoms with Crippen molar-refractivity contribution in [2.75, 3.05) is 18.2 Å². The maximum atomic E-state index is 11.9. The van der Waals surface area contributed by atoms with Crippen molar-refractivity contribution in [1.29, 1.82) is 0 Å². The van der Waals surface area contributed by atoms with Crippen LogP contribution in [0.3, 0.4) is 0 Å². The summed E-state index contributed by atoms with van der Waals surface area (Å²) < 4.78 is 11.2. The molecule has 0 bridgehead atoms. The Kier molecular flexibility index (Phi) is 7.13. The van der Waals surface area contributed by atoms with Gasteiger partial charge in [0.25, 0.3) is 0 Å². The number of thioether (sulfide) groups is 1. The zero-order valence-corrected chi connectivity index (χ0v) is 16.4. The van der Waals surface area contributed by atoms with Crippen molar-refractivity contribution in [3.05, 3.63) is 29.8 Å². The van der Waals surface area contributed by atoms with E-state index in [1.807, 2.05) is 24.3 Å². The monoisotopic (exact) mass is 393 g/mol. The van der Waals surface area contributed by atoms with Gasteiger partial charge in [-0.25, -0.2) is 0 Å². The summed E-state index contributed by atoms with van der Waals surface area (Å²) >= 11 is 2.85. The Morgan fingerprint density at radius 1 is 1.31 bits per heavy atom. The maximum absolute atomic E-state index is 11.9. The summed E-state index contributed by atoms with van der Waals surface area (Å²) in [6.07, 6.45) is 6.26. The lowest BCUT2D eigenvalue weighted by atomic mass is 9.96. The van der Waals surface area contributed by atoms with Gasteiger partial charge in [-0.1, -0.05) is 54.5 Å². The van der Waals surface area contributed by atoms with E-state index in [9.17, 15) is 4.79 Å². The molecule has 0 saturated heterocycles. The lowest BCUT2D eigenvalue weighted by Crippen LogP contribution is -2.21. The molecule has 8 heteroatoms. The third-order valence-electron chi connectivity index (χ3n) is 4.19. The van der Waals surface area contributed by atoms with E-state index in [-0.39, 0.29) is 18.3 Å². The molecule has 1 aliphatic carbocycles. The molecule has 0 amide bonds. The maximum Gasteiger partial charge on any atom is 0.316 e. The van der Waals surface area contributed by atoms with E-state index in [1.165, 1.54) is 55.2 Å². The minimum Gasteiger partial charge on any atom is -0.497 e. The average Bonchev–Trinajstić information content (AvgIpc) is 3.13. The van der Waals surface area contributed by atoms with Crippen molar-refractivity contribution in [3.63, 3.8) is 0 Å². The van der Waals surface area contributed by atoms with Gasteiger partial charge in [0.1, 0.15) is 12.4 Å². The number of hydrogen-bond acceptors (Lipinski definition) is 8. The van der Waals surface area contributed by atoms with Crippen molar-refractivity contribution < 1.29 is 14.3 Å². The number of ether oxygens (including phenoxy) is 2. The van der Waals surface area contributed by atoms with E-state index in [1.54, 1.807) is 7.11 Å². The highest BCUT2D eigenvalue weighted by Crippen LogP contribution is 2.28. The SMILES string of the molecule is COc1cccc(COC(=O)CSc2nnc(NC3CCCCC3)s2)c1. The molecule has 0 aliphatic heterocycles. The quantitative estimate of drug-likeness (QED) is 0.534. The number of benzene rings is 1. The molecule has 2 aromatic rings. The highest BCUT2D eigenvalue weighted by molar-refractivity contribution is 8.01. The van der Waals surface area contributed by atoms with Gasteiger partial charge in [-0.05, 0) is 30.5 Å². The topological polar surface area (TPSA) is 73.3 Å². The Morgan fingerprint density at radius 3 is 2.96 bits per heavy atom. The number of anilines is 1. The van der Waals surface area contributed by atoms with Gasteiger partial charge in [0.2, 0.25) is 5.13 Å². The lowest BCUT2D eigenvalue weighted by Gasteiger charge is -2.21. The van der Waals surface area contributed by atoms with Gasteiger partial charge < -0.3 is 14.8 Å². The van der Waals surface area contributed by atoms with Gasteiger partial charge >= 0.3 is 5.97 Å². The molecule has 1 aromatic carbocycles. The molecule has 0 spiro atoms. The van der Waals surface area contributed by atoms with E-state index in [2.05, 4.69) is 15.5 Å². The molecule has 1 N–H and O–H groups in total. The van der Waals surface area contributed by atoms with Gasteiger partial charge in [0, 0.05) is 6.04 Å². The number of esters is 1. The van der Waals surface area contributed by atoms with Crippen molar-refractivity contribution in [2.45, 2.75) is 49.1 Å². The molecule has 1 aliphatic rings. The molecule has 1 heterocycles. The minimum absolute atomic E-state index is 0.224. The average molecular weight is 394 g/mol. The fourth-order valence-corrected chi connectivity index (χ4v) is 4.46. The molecule has 3 rings (SSSR count). The Bertz CT molecular complexity index is 717. The van der Waals surface area contributed by atoms with Crippen LogP contribution >= 0.6 is 23.1 Å². The van der Waals surface area contributed by atoms with E-state index in [0.717, 1.165) is 20.8 Å². The molecule has 26 heavy (non-hydrogen) atoms. The van der Waals surface area contributed by atoms with E-state index in [4.69, 9.17) is 9.47 Å². The standard InChI is InChI=1S/C18H23N3O3S2/c1-23-15-9-5-6-13(10-15)11-24-16(22)12-25-18-21-20-17(26-18)19-14-7-3-2-4-8-14/h5-6,9-10,14H,2-4,7-8,11-12H2,1H3,(H,19,20). The van der Waals surface area contributed by atoms with E-state index < -0.39 is 0 Å². The largest absolute Gasteiger partial charge is 0.497 e. The number of hydrogen-bond donors (Lipinski definition) is 1. The van der Waals surface area contributed by atoms with Crippen LogP contribution in [0.1, 0.15) is 37.7 Å². The summed E-state index contributed by atoms with van der Waals surface area (Å²) in [6.45, 7) is 0.237. The van der Waals surface area contributed by atoms with E-state index >= 15 is 0 Å². The first kappa shape index (κ1) is 19.0. The van der Waals surface area contributed by atoms with Gasteiger partial charge in [0.05, 0.1) is 12.9 Å². The fraction of sp³-hybridized carbons (Fsp3) is 0.500. The Balaban J connectivity index is 1.40. The second kappa shape index (κ2) is 9.78. The summed E-state index contributed by atoms with van der Waals surface area (Å²) in [5.74, 6) is 0.705. The first-order chi connectivity index (χ1) is 12.7. The number of carbonyl (C=O) groups excluding carboxylic acids is 1. The molecule has 0 atom stereocenters. The first-order valence-corrected chi connectivity index (χ1v) is 10.5. The molecule has 1 fully saturated rings. The minimum atomic E-state index is -0.269. The van der Waals surface area contributed by atoms with Crippen LogP contribution in [0.5, 0.6) is 5.75 Å². The number of nitrogens with zero attached hydrogens (tertiary/aromatic N) is 2. The second-order valence-corrected chi connectivity index (χ2v) is 8.35. The third-order valence-corrected chi connectivity index (χ3v) is 6.15. The molecule has 6 nitrogen and oxygen atoms in total. The molecular weight excluding hydrogens is 370 g/mol. The fourth-order valence-electron chi connectivity index (χ4n) is 2.84. The van der Waals surface area contributed by atoms with Gasteiger partial charge in [-0.3, -0.25) is 4.79 Å². The van der Waals surface area contributed by atoms with Crippen molar-refractivity contribution in [2.24, 2.45) is 0 Å². The van der Waals surface area contributed by atoms with Gasteiger partial charge in [-0.15, -0.1) is 10.2 Å². The molecule has 1 saturated carbocycles. The van der Waals surface area contributed by atoms with Crippen LogP contribution in [-0.4, -0.2) is 35.1 Å². The lowest BCUT2D eigenvalue weighted by molar-refractivity contribution is -0.141. The Hall–Kier alpha value is -1.80. The van der Waals surface area contributed by atoms with Gasteiger partial charge in [-0.2, -0.15) is 0 Å². The smallest absolute Gasteiger partial charge is 0.316 e. The molecule has 1 aromatic heterocycles. The molecule has 140 valence electrons. The first-order valence-electron chi connectivity index (χ1n) is 8.74. The van der Waals surface area contributed by atoms with Crippen LogP contribution in [0.4, 0.5) is 5.13 Å². The van der Waals surface area contributed by atoms with Crippen LogP contribution in [0.15, 0.2) is 28.6 Å². The Morgan fingerprint density at radius 2 is 2.15 bits per heavy atom. The number of rotatable bonds is 8. The van der Waals surface area contributed by atoms with Crippen LogP contribution in [0.2, 0.25) is 0 Å². The zero-order chi connectivity index (χ0) is 18.2. The normalized spacial score (nSPS) is 14.8. The van der Waals surface area contributed by atoms with Crippen LogP contribution in [-0.2, 0) is 16.1 Å². The van der Waals surface area contributed by atoms with Crippen LogP contribution in [0, 0.1) is 0 Å². The second-order valence-electron chi connectivity index (χ2n) is 6.15. The molecule has 0 unspecified atom stereocenters. The summed E-state index contributed by atoms with van der Waals surface area (Å²) in [7, 11) is 1.61. The predicted octanol–water partition coefficient (Wildman–Crippen LogP) is 4.13. The number of nitrogens with one attached hydrogen (secondary N) is 1.